The van der Waals surface area contributed by atoms with E-state index in [9.17, 15) is 5.26 Å². The number of nitriles is 1. The molecule has 3 nitrogen and oxygen atoms in total. The molecule has 0 saturated heterocycles. The molecule has 0 aromatic heterocycles. The molecular weight excluding hydrogens is 499 g/mol. The fourth-order valence-corrected chi connectivity index (χ4v) is 5.58. The maximum atomic E-state index is 9.75. The molecule has 0 N–H and O–H groups in total. The summed E-state index contributed by atoms with van der Waals surface area (Å²) in [5.74, 6) is 1.64. The molecule has 5 heteroatoms. The molecule has 1 aliphatic rings. The number of halogens is 2. The highest BCUT2D eigenvalue weighted by molar-refractivity contribution is 6.36. The number of aryl methyl sites for hydroxylation is 1. The third kappa shape index (κ3) is 7.10. The Labute approximate surface area is 231 Å². The summed E-state index contributed by atoms with van der Waals surface area (Å²) in [5, 5.41) is 10.8. The highest BCUT2D eigenvalue weighted by Gasteiger charge is 2.15. The van der Waals surface area contributed by atoms with Gasteiger partial charge in [0.05, 0.1) is 23.2 Å². The van der Waals surface area contributed by atoms with Gasteiger partial charge in [0, 0.05) is 22.8 Å². The van der Waals surface area contributed by atoms with Crippen LogP contribution in [0.3, 0.4) is 0 Å². The Kier molecular flexibility index (Phi) is 9.56. The Bertz CT molecular complexity index is 1270. The van der Waals surface area contributed by atoms with Gasteiger partial charge in [0.15, 0.2) is 0 Å². The number of hydrogen-bond acceptors (Lipinski definition) is 3. The van der Waals surface area contributed by atoms with Crippen LogP contribution >= 0.6 is 23.2 Å². The molecule has 0 atom stereocenters. The molecule has 192 valence electrons. The Morgan fingerprint density at radius 3 is 2.43 bits per heavy atom. The fourth-order valence-electron chi connectivity index (χ4n) is 5.07. The molecule has 3 aromatic rings. The molecule has 0 bridgehead atoms. The first-order valence-electron chi connectivity index (χ1n) is 13.1. The smallest absolute Gasteiger partial charge is 0.119 e. The lowest BCUT2D eigenvalue weighted by Gasteiger charge is -2.24. The third-order valence-corrected chi connectivity index (χ3v) is 7.78. The second kappa shape index (κ2) is 13.0. The highest BCUT2D eigenvalue weighted by Crippen LogP contribution is 2.33. The van der Waals surface area contributed by atoms with Crippen molar-refractivity contribution < 1.29 is 4.74 Å². The molecular formula is C32H34Cl2N2O. The molecule has 1 saturated carbocycles. The van der Waals surface area contributed by atoms with Crippen molar-refractivity contribution in [2.75, 3.05) is 24.6 Å². The highest BCUT2D eigenvalue weighted by atomic mass is 35.5. The van der Waals surface area contributed by atoms with Gasteiger partial charge in [-0.1, -0.05) is 66.7 Å². The van der Waals surface area contributed by atoms with Gasteiger partial charge in [0.1, 0.15) is 12.4 Å². The average Bonchev–Trinajstić information content (AvgIpc) is 2.92. The monoisotopic (exact) mass is 532 g/mol. The van der Waals surface area contributed by atoms with Crippen LogP contribution in [0.4, 0.5) is 5.69 Å². The van der Waals surface area contributed by atoms with Crippen LogP contribution in [0.2, 0.25) is 10.0 Å². The summed E-state index contributed by atoms with van der Waals surface area (Å²) in [4.78, 5) is 2.30. The van der Waals surface area contributed by atoms with Crippen LogP contribution in [0, 0.1) is 18.3 Å². The maximum absolute atomic E-state index is 9.75. The summed E-state index contributed by atoms with van der Waals surface area (Å²) in [7, 11) is 0. The van der Waals surface area contributed by atoms with Crippen molar-refractivity contribution >= 4 is 40.5 Å². The Morgan fingerprint density at radius 1 is 1.03 bits per heavy atom. The van der Waals surface area contributed by atoms with Crippen molar-refractivity contribution in [3.63, 3.8) is 0 Å². The minimum Gasteiger partial charge on any atom is -0.492 e. The Balaban J connectivity index is 1.39. The summed E-state index contributed by atoms with van der Waals surface area (Å²) in [6, 6.07) is 22.5. The molecule has 1 aliphatic carbocycles. The van der Waals surface area contributed by atoms with E-state index >= 15 is 0 Å². The molecule has 0 unspecified atom stereocenters. The van der Waals surface area contributed by atoms with Crippen molar-refractivity contribution in [3.8, 4) is 11.8 Å². The standard InChI is InChI=1S/C32H34Cl2N2O/c1-3-36(17-18-37-30-14-10-25(11-15-30)24-7-5-4-6-8-24)29-13-9-26(23(2)19-29)20-27(22-35)31-16-12-28(33)21-32(31)34/h9-16,19-21,24H,3-8,17-18H2,1-2H3/b27-20+. The number of anilines is 1. The Hall–Kier alpha value is -2.93. The van der Waals surface area contributed by atoms with E-state index in [1.165, 1.54) is 37.7 Å². The zero-order chi connectivity index (χ0) is 26.2. The maximum Gasteiger partial charge on any atom is 0.119 e. The number of nitrogens with zero attached hydrogens (tertiary/aromatic N) is 2. The summed E-state index contributed by atoms with van der Waals surface area (Å²) >= 11 is 12.4. The average molecular weight is 534 g/mol. The second-order valence-corrected chi connectivity index (χ2v) is 10.5. The van der Waals surface area contributed by atoms with Crippen molar-refractivity contribution in [1.29, 1.82) is 5.26 Å². The van der Waals surface area contributed by atoms with E-state index in [0.717, 1.165) is 35.7 Å². The van der Waals surface area contributed by atoms with Crippen molar-refractivity contribution in [2.45, 2.75) is 51.9 Å². The topological polar surface area (TPSA) is 36.3 Å². The van der Waals surface area contributed by atoms with Gasteiger partial charge in [-0.15, -0.1) is 0 Å². The molecule has 0 heterocycles. The van der Waals surface area contributed by atoms with Crippen LogP contribution in [0.25, 0.3) is 11.6 Å². The number of rotatable bonds is 9. The van der Waals surface area contributed by atoms with Gasteiger partial charge in [-0.25, -0.2) is 0 Å². The van der Waals surface area contributed by atoms with Crippen LogP contribution in [0.5, 0.6) is 5.75 Å². The summed E-state index contributed by atoms with van der Waals surface area (Å²) < 4.78 is 6.08. The third-order valence-electron chi connectivity index (χ3n) is 7.23. The van der Waals surface area contributed by atoms with E-state index < -0.39 is 0 Å². The van der Waals surface area contributed by atoms with E-state index in [1.807, 2.05) is 6.08 Å². The number of benzene rings is 3. The number of hydrogen-bond donors (Lipinski definition) is 0. The predicted molar refractivity (Wildman–Crippen MR) is 157 cm³/mol. The lowest BCUT2D eigenvalue weighted by molar-refractivity contribution is 0.324. The van der Waals surface area contributed by atoms with E-state index in [0.29, 0.717) is 33.7 Å². The zero-order valence-electron chi connectivity index (χ0n) is 21.6. The van der Waals surface area contributed by atoms with Gasteiger partial charge >= 0.3 is 0 Å². The normalized spacial score (nSPS) is 14.3. The summed E-state index contributed by atoms with van der Waals surface area (Å²) in [6.45, 7) is 6.50. The van der Waals surface area contributed by atoms with Gasteiger partial charge < -0.3 is 9.64 Å². The molecule has 3 aromatic carbocycles. The first-order chi connectivity index (χ1) is 18.0. The van der Waals surface area contributed by atoms with Gasteiger partial charge in [-0.2, -0.15) is 5.26 Å². The van der Waals surface area contributed by atoms with Crippen LogP contribution in [-0.4, -0.2) is 19.7 Å². The van der Waals surface area contributed by atoms with Crippen molar-refractivity contribution in [3.05, 3.63) is 93.0 Å². The van der Waals surface area contributed by atoms with Crippen LogP contribution in [-0.2, 0) is 0 Å². The quantitative estimate of drug-likeness (QED) is 0.203. The van der Waals surface area contributed by atoms with Crippen LogP contribution in [0.15, 0.2) is 60.7 Å². The molecule has 0 radical (unpaired) electrons. The molecule has 1 fully saturated rings. The minimum absolute atomic E-state index is 0.468. The van der Waals surface area contributed by atoms with E-state index in [1.54, 1.807) is 18.2 Å². The van der Waals surface area contributed by atoms with Gasteiger partial charge in [0.2, 0.25) is 0 Å². The van der Waals surface area contributed by atoms with Gasteiger partial charge in [0.25, 0.3) is 0 Å². The van der Waals surface area contributed by atoms with Gasteiger partial charge in [-0.3, -0.25) is 0 Å². The summed E-state index contributed by atoms with van der Waals surface area (Å²) in [6.07, 6.45) is 8.58. The first-order valence-corrected chi connectivity index (χ1v) is 13.9. The summed E-state index contributed by atoms with van der Waals surface area (Å²) in [5.41, 5.74) is 5.84. The zero-order valence-corrected chi connectivity index (χ0v) is 23.2. The Morgan fingerprint density at radius 2 is 1.78 bits per heavy atom. The van der Waals surface area contributed by atoms with Gasteiger partial charge in [-0.05, 0) is 91.8 Å². The number of likely N-dealkylation sites (N-methyl/N-ethyl adjacent to an activating group) is 1. The fraction of sp³-hybridized carbons (Fsp3) is 0.344. The second-order valence-electron chi connectivity index (χ2n) is 9.67. The SMILES string of the molecule is CCN(CCOc1ccc(C2CCCCC2)cc1)c1ccc(/C=C(\C#N)c2ccc(Cl)cc2Cl)c(C)c1. The lowest BCUT2D eigenvalue weighted by Crippen LogP contribution is -2.28. The van der Waals surface area contributed by atoms with Crippen LogP contribution in [0.1, 0.15) is 67.2 Å². The molecule has 0 amide bonds. The van der Waals surface area contributed by atoms with Crippen LogP contribution < -0.4 is 9.64 Å². The van der Waals surface area contributed by atoms with E-state index in [4.69, 9.17) is 27.9 Å². The number of ether oxygens (including phenoxy) is 1. The van der Waals surface area contributed by atoms with Crippen molar-refractivity contribution in [2.24, 2.45) is 0 Å². The number of allylic oxidation sites excluding steroid dienone is 1. The molecule has 0 aliphatic heterocycles. The lowest BCUT2D eigenvalue weighted by atomic mass is 9.84. The first kappa shape index (κ1) is 27.1. The minimum atomic E-state index is 0.468. The van der Waals surface area contributed by atoms with E-state index in [-0.39, 0.29) is 0 Å². The largest absolute Gasteiger partial charge is 0.492 e. The van der Waals surface area contributed by atoms with E-state index in [2.05, 4.69) is 67.3 Å². The molecule has 4 rings (SSSR count). The molecule has 37 heavy (non-hydrogen) atoms. The van der Waals surface area contributed by atoms with Crippen molar-refractivity contribution in [1.82, 2.24) is 0 Å². The molecule has 0 spiro atoms. The predicted octanol–water partition coefficient (Wildman–Crippen LogP) is 9.32.